The van der Waals surface area contributed by atoms with Gasteiger partial charge in [0.25, 0.3) is 0 Å². The summed E-state index contributed by atoms with van der Waals surface area (Å²) < 4.78 is 32.4. The molecule has 5 unspecified atom stereocenters. The molecule has 280 valence electrons. The van der Waals surface area contributed by atoms with Gasteiger partial charge in [-0.3, -0.25) is 4.79 Å². The van der Waals surface area contributed by atoms with Crippen molar-refractivity contribution in [2.75, 3.05) is 0 Å². The molecule has 0 spiro atoms. The number of hydrogen-bond acceptors (Lipinski definition) is 7. The monoisotopic (exact) mass is 726 g/mol. The fourth-order valence-electron chi connectivity index (χ4n) is 7.06. The van der Waals surface area contributed by atoms with E-state index in [2.05, 4.69) is 92.9 Å². The molecule has 8 atom stereocenters. The third-order valence-corrected chi connectivity index (χ3v) is 21.2. The number of para-hydroxylation sites is 1. The second kappa shape index (κ2) is 15.8. The minimum Gasteiger partial charge on any atom is -0.478 e. The summed E-state index contributed by atoms with van der Waals surface area (Å²) in [5, 5.41) is 0.115. The second-order valence-corrected chi connectivity index (χ2v) is 27.6. The number of hydrogen-bond donors (Lipinski definition) is 0. The lowest BCUT2D eigenvalue weighted by Gasteiger charge is -2.46. The molecule has 1 saturated heterocycles. The highest BCUT2D eigenvalue weighted by Crippen LogP contribution is 2.47. The number of rotatable bonds is 12. The van der Waals surface area contributed by atoms with Crippen LogP contribution >= 0.6 is 0 Å². The van der Waals surface area contributed by atoms with Crippen LogP contribution in [0, 0.1) is 24.7 Å². The number of aryl methyl sites for hydroxylation is 1. The summed E-state index contributed by atoms with van der Waals surface area (Å²) in [5.41, 5.74) is 2.16. The fraction of sp³-hybridized carbons (Fsp3) is 0.707. The van der Waals surface area contributed by atoms with Crippen LogP contribution in [0.2, 0.25) is 36.3 Å². The van der Waals surface area contributed by atoms with Crippen molar-refractivity contribution in [1.82, 2.24) is 0 Å². The molecule has 1 aromatic rings. The van der Waals surface area contributed by atoms with Crippen LogP contribution in [0.5, 0.6) is 5.75 Å². The summed E-state index contributed by atoms with van der Waals surface area (Å²) in [6.45, 7) is 28.7. The topological polar surface area (TPSA) is 80.3 Å². The van der Waals surface area contributed by atoms with Crippen LogP contribution in [0.1, 0.15) is 99.5 Å². The van der Waals surface area contributed by atoms with Crippen molar-refractivity contribution in [3.05, 3.63) is 53.6 Å². The SMILES string of the molecule is CC[C@H](Oc1ccccc1C)C(=O)OC1CC(O[Si](C)(C)C(C)(C)C)C=C2C=CC(C)C(CC[C@@H]3C[C@@H](O[Si](C)(C)C(C)(C)C)CC(=O)O3)C21. The predicted octanol–water partition coefficient (Wildman–Crippen LogP) is 10.1. The van der Waals surface area contributed by atoms with Gasteiger partial charge in [0.15, 0.2) is 22.7 Å². The number of ether oxygens (including phenoxy) is 3. The van der Waals surface area contributed by atoms with Crippen LogP contribution in [-0.4, -0.2) is 59.1 Å². The lowest BCUT2D eigenvalue weighted by atomic mass is 9.66. The van der Waals surface area contributed by atoms with E-state index in [0.717, 1.165) is 24.8 Å². The molecule has 4 rings (SSSR count). The molecular weight excluding hydrogens is 661 g/mol. The molecule has 1 aromatic carbocycles. The number of esters is 2. The average Bonchev–Trinajstić information content (AvgIpc) is 2.98. The van der Waals surface area contributed by atoms with Gasteiger partial charge in [-0.05, 0) is 91.5 Å². The molecule has 0 aromatic heterocycles. The maximum Gasteiger partial charge on any atom is 0.347 e. The van der Waals surface area contributed by atoms with Gasteiger partial charge in [0.2, 0.25) is 0 Å². The Kier molecular flexibility index (Phi) is 12.8. The van der Waals surface area contributed by atoms with Crippen molar-refractivity contribution < 1.29 is 32.7 Å². The first kappa shape index (κ1) is 40.6. The van der Waals surface area contributed by atoms with Crippen LogP contribution in [0.25, 0.3) is 0 Å². The molecule has 1 heterocycles. The predicted molar refractivity (Wildman–Crippen MR) is 206 cm³/mol. The number of allylic oxidation sites excluding steroid dienone is 2. The molecule has 0 amide bonds. The summed E-state index contributed by atoms with van der Waals surface area (Å²) >= 11 is 0. The Hall–Kier alpha value is -2.21. The Morgan fingerprint density at radius 1 is 0.960 bits per heavy atom. The molecule has 7 nitrogen and oxygen atoms in total. The van der Waals surface area contributed by atoms with E-state index < -0.39 is 22.7 Å². The van der Waals surface area contributed by atoms with Crippen molar-refractivity contribution in [3.63, 3.8) is 0 Å². The van der Waals surface area contributed by atoms with E-state index in [9.17, 15) is 9.59 Å². The van der Waals surface area contributed by atoms with Gasteiger partial charge in [-0.1, -0.05) is 91.8 Å². The van der Waals surface area contributed by atoms with Crippen molar-refractivity contribution in [2.24, 2.45) is 17.8 Å². The fourth-order valence-corrected chi connectivity index (χ4v) is 9.70. The third kappa shape index (κ3) is 9.81. The normalized spacial score (nSPS) is 28.3. The average molecular weight is 727 g/mol. The highest BCUT2D eigenvalue weighted by atomic mass is 28.4. The second-order valence-electron chi connectivity index (χ2n) is 18.1. The smallest absolute Gasteiger partial charge is 0.347 e. The van der Waals surface area contributed by atoms with E-state index in [4.69, 9.17) is 23.1 Å². The van der Waals surface area contributed by atoms with Crippen LogP contribution in [0.15, 0.2) is 48.1 Å². The Labute approximate surface area is 305 Å². The standard InChI is InChI=1S/C41H66O7Si2/c1-14-34(45-35-18-16-15-17-28(35)3)39(43)46-36-25-31(47-49(10,11)40(4,5)6)23-29-20-19-27(2)33(38(29)36)22-21-30-24-32(26-37(42)44-30)48-50(12,13)41(7,8)9/h15-20,23,27,30-34,36,38H,14,21-22,24-26H2,1-13H3/t27?,30-,31?,32-,33?,34+,36?,38?/m1/s1. The zero-order valence-corrected chi connectivity index (χ0v) is 35.3. The highest BCUT2D eigenvalue weighted by molar-refractivity contribution is 6.74. The lowest BCUT2D eigenvalue weighted by molar-refractivity contribution is -0.164. The molecule has 3 aliphatic rings. The van der Waals surface area contributed by atoms with Crippen molar-refractivity contribution >= 4 is 28.6 Å². The number of carbonyl (C=O) groups excluding carboxylic acids is 2. The van der Waals surface area contributed by atoms with Crippen molar-refractivity contribution in [1.29, 1.82) is 0 Å². The molecule has 0 radical (unpaired) electrons. The van der Waals surface area contributed by atoms with Crippen LogP contribution in [-0.2, 0) is 27.9 Å². The Morgan fingerprint density at radius 2 is 1.60 bits per heavy atom. The van der Waals surface area contributed by atoms with E-state index in [1.54, 1.807) is 0 Å². The molecule has 2 aliphatic carbocycles. The molecule has 9 heteroatoms. The van der Waals surface area contributed by atoms with Gasteiger partial charge in [-0.2, -0.15) is 0 Å². The number of benzene rings is 1. The maximum absolute atomic E-state index is 13.9. The van der Waals surface area contributed by atoms with E-state index in [0.29, 0.717) is 25.0 Å². The summed E-state index contributed by atoms with van der Waals surface area (Å²) in [6.07, 6.45) is 8.99. The summed E-state index contributed by atoms with van der Waals surface area (Å²) in [5.74, 6) is 0.672. The van der Waals surface area contributed by atoms with Gasteiger partial charge < -0.3 is 23.1 Å². The molecule has 50 heavy (non-hydrogen) atoms. The number of fused-ring (bicyclic) bond motifs is 1. The van der Waals surface area contributed by atoms with Crippen LogP contribution < -0.4 is 4.74 Å². The van der Waals surface area contributed by atoms with Gasteiger partial charge >= 0.3 is 11.9 Å². The molecule has 0 N–H and O–H groups in total. The minimum atomic E-state index is -2.11. The first-order chi connectivity index (χ1) is 23.1. The summed E-state index contributed by atoms with van der Waals surface area (Å²) in [7, 11) is -4.14. The third-order valence-electron chi connectivity index (χ3n) is 12.2. The number of carbonyl (C=O) groups is 2. The number of cyclic esters (lactones) is 1. The van der Waals surface area contributed by atoms with E-state index >= 15 is 0 Å². The van der Waals surface area contributed by atoms with Gasteiger partial charge in [-0.15, -0.1) is 0 Å². The van der Waals surface area contributed by atoms with Crippen LogP contribution in [0.3, 0.4) is 0 Å². The van der Waals surface area contributed by atoms with E-state index in [-0.39, 0.29) is 64.2 Å². The highest BCUT2D eigenvalue weighted by Gasteiger charge is 2.47. The Morgan fingerprint density at radius 3 is 2.22 bits per heavy atom. The maximum atomic E-state index is 13.9. The van der Waals surface area contributed by atoms with Crippen molar-refractivity contribution in [3.8, 4) is 5.75 Å². The van der Waals surface area contributed by atoms with Gasteiger partial charge in [0.1, 0.15) is 18.0 Å². The Bertz CT molecular complexity index is 1400. The van der Waals surface area contributed by atoms with Crippen molar-refractivity contribution in [2.45, 2.75) is 168 Å². The van der Waals surface area contributed by atoms with Gasteiger partial charge in [0.05, 0.1) is 18.6 Å². The molecular formula is C41H66O7Si2. The van der Waals surface area contributed by atoms with Gasteiger partial charge in [-0.25, -0.2) is 4.79 Å². The molecule has 0 saturated carbocycles. The molecule has 0 bridgehead atoms. The molecule has 1 aliphatic heterocycles. The molecule has 1 fully saturated rings. The Balaban J connectivity index is 1.57. The first-order valence-electron chi connectivity index (χ1n) is 19.0. The largest absolute Gasteiger partial charge is 0.478 e. The van der Waals surface area contributed by atoms with E-state index in [1.165, 1.54) is 5.57 Å². The quantitative estimate of drug-likeness (QED) is 0.157. The van der Waals surface area contributed by atoms with Crippen LogP contribution in [0.4, 0.5) is 0 Å². The van der Waals surface area contributed by atoms with Gasteiger partial charge in [0, 0.05) is 18.8 Å². The minimum absolute atomic E-state index is 0.00718. The first-order valence-corrected chi connectivity index (χ1v) is 24.8. The zero-order valence-electron chi connectivity index (χ0n) is 33.3. The lowest BCUT2D eigenvalue weighted by Crippen LogP contribution is -2.49. The summed E-state index contributed by atoms with van der Waals surface area (Å²) in [6, 6.07) is 7.78. The summed E-state index contributed by atoms with van der Waals surface area (Å²) in [4.78, 5) is 26.8. The van der Waals surface area contributed by atoms with E-state index in [1.807, 2.05) is 38.1 Å². The zero-order chi connectivity index (χ0) is 37.2.